The van der Waals surface area contributed by atoms with Crippen LogP contribution in [0.4, 0.5) is 5.69 Å². The minimum Gasteiger partial charge on any atom is -0.371 e. The Morgan fingerprint density at radius 3 is 2.67 bits per heavy atom. The Morgan fingerprint density at radius 1 is 1.44 bits per heavy atom. The van der Waals surface area contributed by atoms with E-state index in [1.54, 1.807) is 16.9 Å². The topological polar surface area (TPSA) is 50.2 Å². The summed E-state index contributed by atoms with van der Waals surface area (Å²) in [5, 5.41) is 7.50. The zero-order chi connectivity index (χ0) is 13.0. The first kappa shape index (κ1) is 13.1. The second-order valence-electron chi connectivity index (χ2n) is 4.76. The maximum atomic E-state index is 12.0. The minimum atomic E-state index is 0.00619. The molecule has 5 heteroatoms. The summed E-state index contributed by atoms with van der Waals surface area (Å²) in [6, 6.07) is 1.69. The smallest absolute Gasteiger partial charge is 0.268 e. The standard InChI is InChI=1S/C13H22N4O/c1-3-16(4-2)12-7-13(18)17(15-10-12)6-5-11-8-14-9-11/h7,10-11,14H,3-6,8-9H2,1-2H3. The van der Waals surface area contributed by atoms with E-state index in [4.69, 9.17) is 0 Å². The maximum Gasteiger partial charge on any atom is 0.268 e. The van der Waals surface area contributed by atoms with Crippen molar-refractivity contribution in [3.8, 4) is 0 Å². The highest BCUT2D eigenvalue weighted by molar-refractivity contribution is 5.42. The molecule has 1 fully saturated rings. The summed E-state index contributed by atoms with van der Waals surface area (Å²) in [5.74, 6) is 0.709. The largest absolute Gasteiger partial charge is 0.371 e. The van der Waals surface area contributed by atoms with E-state index in [2.05, 4.69) is 29.2 Å². The molecule has 0 aromatic carbocycles. The normalized spacial score (nSPS) is 15.4. The predicted molar refractivity (Wildman–Crippen MR) is 73.0 cm³/mol. The zero-order valence-corrected chi connectivity index (χ0v) is 11.2. The molecule has 1 aliphatic heterocycles. The molecule has 0 bridgehead atoms. The summed E-state index contributed by atoms with van der Waals surface area (Å²) < 4.78 is 1.57. The van der Waals surface area contributed by atoms with Gasteiger partial charge in [-0.3, -0.25) is 4.79 Å². The molecule has 1 N–H and O–H groups in total. The van der Waals surface area contributed by atoms with E-state index in [0.29, 0.717) is 5.92 Å². The van der Waals surface area contributed by atoms with Crippen LogP contribution in [0.25, 0.3) is 0 Å². The van der Waals surface area contributed by atoms with Gasteiger partial charge in [-0.25, -0.2) is 4.68 Å². The average Bonchev–Trinajstić information content (AvgIpc) is 2.31. The van der Waals surface area contributed by atoms with E-state index in [-0.39, 0.29) is 5.56 Å². The number of nitrogens with zero attached hydrogens (tertiary/aromatic N) is 3. The second kappa shape index (κ2) is 6.00. The number of hydrogen-bond donors (Lipinski definition) is 1. The van der Waals surface area contributed by atoms with Crippen molar-refractivity contribution in [1.29, 1.82) is 0 Å². The predicted octanol–water partition coefficient (Wildman–Crippen LogP) is 0.699. The van der Waals surface area contributed by atoms with Crippen molar-refractivity contribution < 1.29 is 0 Å². The van der Waals surface area contributed by atoms with Crippen molar-refractivity contribution in [3.05, 3.63) is 22.6 Å². The van der Waals surface area contributed by atoms with Crippen molar-refractivity contribution in [2.24, 2.45) is 5.92 Å². The molecule has 0 atom stereocenters. The van der Waals surface area contributed by atoms with Crippen LogP contribution in [0.2, 0.25) is 0 Å². The fourth-order valence-electron chi connectivity index (χ4n) is 2.21. The Morgan fingerprint density at radius 2 is 2.17 bits per heavy atom. The lowest BCUT2D eigenvalue weighted by molar-refractivity contribution is 0.304. The Balaban J connectivity index is 2.02. The molecule has 0 radical (unpaired) electrons. The van der Waals surface area contributed by atoms with Gasteiger partial charge in [0.2, 0.25) is 0 Å². The summed E-state index contributed by atoms with van der Waals surface area (Å²) in [4.78, 5) is 14.1. The van der Waals surface area contributed by atoms with Crippen molar-refractivity contribution in [2.45, 2.75) is 26.8 Å². The van der Waals surface area contributed by atoms with Crippen LogP contribution in [0.15, 0.2) is 17.1 Å². The van der Waals surface area contributed by atoms with Gasteiger partial charge in [-0.05, 0) is 39.3 Å². The molecular weight excluding hydrogens is 228 g/mol. The van der Waals surface area contributed by atoms with Crippen molar-refractivity contribution in [2.75, 3.05) is 31.1 Å². The van der Waals surface area contributed by atoms with Gasteiger partial charge in [0.1, 0.15) is 0 Å². The first-order valence-corrected chi connectivity index (χ1v) is 6.77. The van der Waals surface area contributed by atoms with Crippen molar-refractivity contribution >= 4 is 5.69 Å². The van der Waals surface area contributed by atoms with E-state index in [1.807, 2.05) is 0 Å². The van der Waals surface area contributed by atoms with Gasteiger partial charge in [0.05, 0.1) is 11.9 Å². The fraction of sp³-hybridized carbons (Fsp3) is 0.692. The number of anilines is 1. The van der Waals surface area contributed by atoms with Crippen molar-refractivity contribution in [1.82, 2.24) is 15.1 Å². The quantitative estimate of drug-likeness (QED) is 0.807. The van der Waals surface area contributed by atoms with Crippen LogP contribution in [0.5, 0.6) is 0 Å². The Labute approximate surface area is 108 Å². The Bertz CT molecular complexity index is 435. The van der Waals surface area contributed by atoms with Gasteiger partial charge in [-0.15, -0.1) is 0 Å². The van der Waals surface area contributed by atoms with Crippen LogP contribution in [-0.2, 0) is 6.54 Å². The molecule has 0 aliphatic carbocycles. The highest BCUT2D eigenvalue weighted by Crippen LogP contribution is 2.10. The molecule has 0 saturated carbocycles. The van der Waals surface area contributed by atoms with Crippen molar-refractivity contribution in [3.63, 3.8) is 0 Å². The van der Waals surface area contributed by atoms with E-state index >= 15 is 0 Å². The van der Waals surface area contributed by atoms with Crippen LogP contribution < -0.4 is 15.8 Å². The van der Waals surface area contributed by atoms with Gasteiger partial charge < -0.3 is 10.2 Å². The molecule has 2 heterocycles. The molecule has 100 valence electrons. The third kappa shape index (κ3) is 2.90. The third-order valence-corrected chi connectivity index (χ3v) is 3.60. The number of aromatic nitrogens is 2. The number of hydrogen-bond acceptors (Lipinski definition) is 4. The third-order valence-electron chi connectivity index (χ3n) is 3.60. The molecule has 1 aliphatic rings. The van der Waals surface area contributed by atoms with Gasteiger partial charge in [0.25, 0.3) is 5.56 Å². The van der Waals surface area contributed by atoms with Crippen LogP contribution in [0.3, 0.4) is 0 Å². The van der Waals surface area contributed by atoms with E-state index in [0.717, 1.165) is 44.8 Å². The van der Waals surface area contributed by atoms with E-state index in [1.165, 1.54) is 0 Å². The van der Waals surface area contributed by atoms with Gasteiger partial charge in [0, 0.05) is 25.7 Å². The first-order valence-electron chi connectivity index (χ1n) is 6.77. The van der Waals surface area contributed by atoms with E-state index in [9.17, 15) is 4.79 Å². The molecule has 1 aromatic rings. The fourth-order valence-corrected chi connectivity index (χ4v) is 2.21. The lowest BCUT2D eigenvalue weighted by atomic mass is 10.00. The summed E-state index contributed by atoms with van der Waals surface area (Å²) in [7, 11) is 0. The summed E-state index contributed by atoms with van der Waals surface area (Å²) in [6.07, 6.45) is 2.83. The molecule has 2 rings (SSSR count). The molecule has 18 heavy (non-hydrogen) atoms. The van der Waals surface area contributed by atoms with Gasteiger partial charge in [-0.1, -0.05) is 0 Å². The number of rotatable bonds is 6. The molecule has 1 saturated heterocycles. The zero-order valence-electron chi connectivity index (χ0n) is 11.2. The molecular formula is C13H22N4O. The van der Waals surface area contributed by atoms with Gasteiger partial charge in [-0.2, -0.15) is 5.10 Å². The van der Waals surface area contributed by atoms with E-state index < -0.39 is 0 Å². The molecule has 0 unspecified atom stereocenters. The molecule has 1 aromatic heterocycles. The summed E-state index contributed by atoms with van der Waals surface area (Å²) in [5.41, 5.74) is 0.929. The first-order chi connectivity index (χ1) is 8.74. The summed E-state index contributed by atoms with van der Waals surface area (Å²) in [6.45, 7) is 8.84. The monoisotopic (exact) mass is 250 g/mol. The lowest BCUT2D eigenvalue weighted by Crippen LogP contribution is -2.42. The molecule has 0 amide bonds. The highest BCUT2D eigenvalue weighted by Gasteiger charge is 2.16. The summed E-state index contributed by atoms with van der Waals surface area (Å²) >= 11 is 0. The van der Waals surface area contributed by atoms with Crippen LogP contribution in [0.1, 0.15) is 20.3 Å². The van der Waals surface area contributed by atoms with Crippen LogP contribution in [-0.4, -0.2) is 36.0 Å². The number of nitrogens with one attached hydrogen (secondary N) is 1. The highest BCUT2D eigenvalue weighted by atomic mass is 16.1. The number of aryl methyl sites for hydroxylation is 1. The minimum absolute atomic E-state index is 0.00619. The lowest BCUT2D eigenvalue weighted by Gasteiger charge is -2.27. The van der Waals surface area contributed by atoms with Gasteiger partial charge >= 0.3 is 0 Å². The molecule has 5 nitrogen and oxygen atoms in total. The average molecular weight is 250 g/mol. The van der Waals surface area contributed by atoms with Gasteiger partial charge in [0.15, 0.2) is 0 Å². The maximum absolute atomic E-state index is 12.0. The Hall–Kier alpha value is -1.36. The Kier molecular flexibility index (Phi) is 4.36. The van der Waals surface area contributed by atoms with Crippen LogP contribution >= 0.6 is 0 Å². The van der Waals surface area contributed by atoms with Crippen LogP contribution in [0, 0.1) is 5.92 Å². The molecule has 0 spiro atoms. The SMILES string of the molecule is CCN(CC)c1cnn(CCC2CNC2)c(=O)c1. The second-order valence-corrected chi connectivity index (χ2v) is 4.76.